The van der Waals surface area contributed by atoms with Crippen molar-refractivity contribution < 1.29 is 23.0 Å². The fourth-order valence-corrected chi connectivity index (χ4v) is 3.90. The standard InChI is InChI=1S/C21H21F3N4O2/c1-20(29)7-5-13(10-20)26-19-16-11-25-8-6-14(16)18(27-28-19)15-4-3-12(21(22,23)24)9-17(15)30-2/h3-4,6,8-9,11,13,29H,5,7,10H2,1-2H3,(H,26,28)/t13-,20-/m1/s1. The Hall–Kier alpha value is -2.94. The minimum atomic E-state index is -4.47. The Morgan fingerprint density at radius 2 is 2.00 bits per heavy atom. The number of halogens is 3. The third kappa shape index (κ3) is 3.89. The van der Waals surface area contributed by atoms with Gasteiger partial charge in [-0.25, -0.2) is 0 Å². The van der Waals surface area contributed by atoms with Gasteiger partial charge in [0.25, 0.3) is 0 Å². The Balaban J connectivity index is 1.77. The van der Waals surface area contributed by atoms with Crippen molar-refractivity contribution in [3.8, 4) is 17.0 Å². The molecule has 0 aliphatic heterocycles. The van der Waals surface area contributed by atoms with E-state index in [9.17, 15) is 18.3 Å². The summed E-state index contributed by atoms with van der Waals surface area (Å²) < 4.78 is 44.4. The van der Waals surface area contributed by atoms with Crippen molar-refractivity contribution >= 4 is 16.6 Å². The number of rotatable bonds is 4. The van der Waals surface area contributed by atoms with Gasteiger partial charge >= 0.3 is 6.18 Å². The third-order valence-corrected chi connectivity index (χ3v) is 5.42. The summed E-state index contributed by atoms with van der Waals surface area (Å²) in [6, 6.07) is 5.08. The van der Waals surface area contributed by atoms with Gasteiger partial charge in [0.2, 0.25) is 0 Å². The van der Waals surface area contributed by atoms with Crippen molar-refractivity contribution in [2.24, 2.45) is 0 Å². The van der Waals surface area contributed by atoms with Gasteiger partial charge in [-0.2, -0.15) is 13.2 Å². The van der Waals surface area contributed by atoms with Gasteiger partial charge < -0.3 is 15.2 Å². The van der Waals surface area contributed by atoms with Crippen LogP contribution in [0, 0.1) is 0 Å². The quantitative estimate of drug-likeness (QED) is 0.652. The molecule has 0 radical (unpaired) electrons. The zero-order valence-corrected chi connectivity index (χ0v) is 16.5. The van der Waals surface area contributed by atoms with Crippen LogP contribution >= 0.6 is 0 Å². The maximum atomic E-state index is 13.1. The molecular weight excluding hydrogens is 397 g/mol. The number of ether oxygens (including phenoxy) is 1. The number of aromatic nitrogens is 3. The van der Waals surface area contributed by atoms with Gasteiger partial charge in [0.05, 0.1) is 18.3 Å². The molecule has 30 heavy (non-hydrogen) atoms. The molecule has 4 rings (SSSR count). The van der Waals surface area contributed by atoms with Crippen LogP contribution in [0.3, 0.4) is 0 Å². The molecule has 158 valence electrons. The van der Waals surface area contributed by atoms with Gasteiger partial charge in [-0.3, -0.25) is 4.98 Å². The second kappa shape index (κ2) is 7.39. The van der Waals surface area contributed by atoms with Crippen LogP contribution in [-0.4, -0.2) is 39.0 Å². The Bertz CT molecular complexity index is 1090. The van der Waals surface area contributed by atoms with E-state index in [2.05, 4.69) is 20.5 Å². The second-order valence-corrected chi connectivity index (χ2v) is 7.81. The van der Waals surface area contributed by atoms with Crippen molar-refractivity contribution in [3.05, 3.63) is 42.2 Å². The molecule has 9 heteroatoms. The lowest BCUT2D eigenvalue weighted by Crippen LogP contribution is -2.24. The van der Waals surface area contributed by atoms with Crippen molar-refractivity contribution in [2.75, 3.05) is 12.4 Å². The molecule has 2 N–H and O–H groups in total. The smallest absolute Gasteiger partial charge is 0.416 e. The average molecular weight is 418 g/mol. The van der Waals surface area contributed by atoms with E-state index in [0.29, 0.717) is 40.7 Å². The van der Waals surface area contributed by atoms with Gasteiger partial charge in [-0.1, -0.05) is 0 Å². The monoisotopic (exact) mass is 418 g/mol. The number of benzene rings is 1. The maximum Gasteiger partial charge on any atom is 0.416 e. The SMILES string of the molecule is COc1cc(C(F)(F)F)ccc1-c1nnc(N[C@@H]2CC[C@@](C)(O)C2)c2cnccc12. The minimum Gasteiger partial charge on any atom is -0.496 e. The fraction of sp³-hybridized carbons (Fsp3) is 0.381. The number of methoxy groups -OCH3 is 1. The van der Waals surface area contributed by atoms with E-state index in [1.165, 1.54) is 13.2 Å². The predicted molar refractivity (Wildman–Crippen MR) is 106 cm³/mol. The van der Waals surface area contributed by atoms with E-state index < -0.39 is 17.3 Å². The van der Waals surface area contributed by atoms with Crippen LogP contribution < -0.4 is 10.1 Å². The number of pyridine rings is 1. The third-order valence-electron chi connectivity index (χ3n) is 5.42. The molecule has 2 atom stereocenters. The molecule has 2 aromatic heterocycles. The van der Waals surface area contributed by atoms with Crippen LogP contribution in [0.25, 0.3) is 22.0 Å². The van der Waals surface area contributed by atoms with Crippen LogP contribution in [0.2, 0.25) is 0 Å². The van der Waals surface area contributed by atoms with Gasteiger partial charge in [0.1, 0.15) is 11.4 Å². The molecule has 1 aliphatic rings. The molecule has 0 saturated heterocycles. The summed E-state index contributed by atoms with van der Waals surface area (Å²) in [7, 11) is 1.32. The molecule has 0 unspecified atom stereocenters. The number of nitrogens with zero attached hydrogens (tertiary/aromatic N) is 3. The lowest BCUT2D eigenvalue weighted by atomic mass is 10.0. The number of anilines is 1. The number of fused-ring (bicyclic) bond motifs is 1. The van der Waals surface area contributed by atoms with Crippen molar-refractivity contribution in [3.63, 3.8) is 0 Å². The number of hydrogen-bond donors (Lipinski definition) is 2. The zero-order valence-electron chi connectivity index (χ0n) is 16.5. The summed E-state index contributed by atoms with van der Waals surface area (Å²) in [6.45, 7) is 1.81. The van der Waals surface area contributed by atoms with Crippen molar-refractivity contribution in [2.45, 2.75) is 44.0 Å². The highest BCUT2D eigenvalue weighted by Crippen LogP contribution is 2.39. The topological polar surface area (TPSA) is 80.2 Å². The summed E-state index contributed by atoms with van der Waals surface area (Å²) in [4.78, 5) is 4.16. The lowest BCUT2D eigenvalue weighted by molar-refractivity contribution is -0.137. The molecule has 1 fully saturated rings. The number of nitrogens with one attached hydrogen (secondary N) is 1. The maximum absolute atomic E-state index is 13.1. The van der Waals surface area contributed by atoms with E-state index >= 15 is 0 Å². The number of alkyl halides is 3. The summed E-state index contributed by atoms with van der Waals surface area (Å²) in [5.41, 5.74) is -0.702. The Labute approximate surface area is 171 Å². The fourth-order valence-electron chi connectivity index (χ4n) is 3.90. The second-order valence-electron chi connectivity index (χ2n) is 7.81. The molecule has 1 aromatic carbocycles. The van der Waals surface area contributed by atoms with Crippen LogP contribution in [-0.2, 0) is 6.18 Å². The van der Waals surface area contributed by atoms with E-state index in [-0.39, 0.29) is 11.8 Å². The molecule has 2 heterocycles. The van der Waals surface area contributed by atoms with E-state index in [0.717, 1.165) is 18.6 Å². The van der Waals surface area contributed by atoms with E-state index in [4.69, 9.17) is 4.74 Å². The number of hydrogen-bond acceptors (Lipinski definition) is 6. The number of aliphatic hydroxyl groups is 1. The molecule has 0 amide bonds. The summed E-state index contributed by atoms with van der Waals surface area (Å²) in [5, 5.41) is 23.5. The first-order valence-electron chi connectivity index (χ1n) is 9.53. The highest BCUT2D eigenvalue weighted by atomic mass is 19.4. The average Bonchev–Trinajstić information content (AvgIpc) is 3.05. The minimum absolute atomic E-state index is 0.0455. The zero-order chi connectivity index (χ0) is 21.5. The largest absolute Gasteiger partial charge is 0.496 e. The Morgan fingerprint density at radius 3 is 2.67 bits per heavy atom. The molecular formula is C21H21F3N4O2. The van der Waals surface area contributed by atoms with Gasteiger partial charge in [-0.05, 0) is 50.5 Å². The summed E-state index contributed by atoms with van der Waals surface area (Å²) >= 11 is 0. The Kier molecular flexibility index (Phi) is 5.01. The lowest BCUT2D eigenvalue weighted by Gasteiger charge is -2.18. The molecule has 1 saturated carbocycles. The summed E-state index contributed by atoms with van der Waals surface area (Å²) in [6.07, 6.45) is 0.832. The summed E-state index contributed by atoms with van der Waals surface area (Å²) in [5.74, 6) is 0.584. The van der Waals surface area contributed by atoms with Crippen LogP contribution in [0.4, 0.5) is 19.0 Å². The first-order chi connectivity index (χ1) is 14.2. The van der Waals surface area contributed by atoms with Crippen LogP contribution in [0.5, 0.6) is 5.75 Å². The molecule has 1 aliphatic carbocycles. The van der Waals surface area contributed by atoms with Gasteiger partial charge in [-0.15, -0.1) is 10.2 Å². The van der Waals surface area contributed by atoms with Crippen molar-refractivity contribution in [1.82, 2.24) is 15.2 Å². The molecule has 0 spiro atoms. The van der Waals surface area contributed by atoms with E-state index in [1.54, 1.807) is 25.4 Å². The normalized spacial score (nSPS) is 21.7. The molecule has 6 nitrogen and oxygen atoms in total. The van der Waals surface area contributed by atoms with Crippen molar-refractivity contribution in [1.29, 1.82) is 0 Å². The first kappa shape index (κ1) is 20.3. The van der Waals surface area contributed by atoms with E-state index in [1.807, 2.05) is 0 Å². The van der Waals surface area contributed by atoms with Crippen LogP contribution in [0.15, 0.2) is 36.7 Å². The molecule has 3 aromatic rings. The molecule has 0 bridgehead atoms. The predicted octanol–water partition coefficient (Wildman–Crippen LogP) is 4.43. The first-order valence-corrected chi connectivity index (χ1v) is 9.53. The highest BCUT2D eigenvalue weighted by Gasteiger charge is 2.34. The van der Waals surface area contributed by atoms with Crippen LogP contribution in [0.1, 0.15) is 31.7 Å². The van der Waals surface area contributed by atoms with Gasteiger partial charge in [0.15, 0.2) is 5.82 Å². The highest BCUT2D eigenvalue weighted by molar-refractivity contribution is 6.00. The van der Waals surface area contributed by atoms with Gasteiger partial charge in [0, 0.05) is 34.8 Å². The Morgan fingerprint density at radius 1 is 1.20 bits per heavy atom.